The Hall–Kier alpha value is -2.85. The minimum atomic E-state index is -4.88. The summed E-state index contributed by atoms with van der Waals surface area (Å²) in [5.74, 6) is -2.66. The summed E-state index contributed by atoms with van der Waals surface area (Å²) in [6, 6.07) is 17.8. The number of thiophene rings is 1. The van der Waals surface area contributed by atoms with Gasteiger partial charge in [-0.15, -0.1) is 11.3 Å². The molecule has 152 valence electrons. The summed E-state index contributed by atoms with van der Waals surface area (Å²) in [5, 5.41) is 4.03. The van der Waals surface area contributed by atoms with Gasteiger partial charge in [-0.3, -0.25) is 9.52 Å². The maximum atomic E-state index is 12.5. The molecule has 1 amide bonds. The maximum Gasteiger partial charge on any atom is 0.404 e. The Kier molecular flexibility index (Phi) is 5.94. The van der Waals surface area contributed by atoms with Crippen LogP contribution in [0.15, 0.2) is 66.0 Å². The quantitative estimate of drug-likeness (QED) is 0.568. The smallest absolute Gasteiger partial charge is 0.321 e. The molecule has 0 aliphatic heterocycles. The molecule has 0 radical (unpaired) electrons. The van der Waals surface area contributed by atoms with Crippen molar-refractivity contribution in [3.05, 3.63) is 70.9 Å². The maximum absolute atomic E-state index is 12.5. The summed E-state index contributed by atoms with van der Waals surface area (Å²) in [7, 11) is -4.68. The lowest BCUT2D eigenvalue weighted by atomic mass is 10.1. The topological polar surface area (TPSA) is 75.3 Å². The van der Waals surface area contributed by atoms with Crippen LogP contribution in [0.1, 0.15) is 9.67 Å². The fourth-order valence-electron chi connectivity index (χ4n) is 2.55. The summed E-state index contributed by atoms with van der Waals surface area (Å²) in [6.07, 6.45) is -4.88. The van der Waals surface area contributed by atoms with Gasteiger partial charge in [0, 0.05) is 5.69 Å². The molecule has 0 aliphatic carbocycles. The highest BCUT2D eigenvalue weighted by Crippen LogP contribution is 2.27. The minimum Gasteiger partial charge on any atom is -0.321 e. The third-order valence-electron chi connectivity index (χ3n) is 3.74. The minimum absolute atomic E-state index is 0.0390. The summed E-state index contributed by atoms with van der Waals surface area (Å²) >= 11 is 0.915. The number of amides is 1. The highest BCUT2D eigenvalue weighted by atomic mass is 32.2. The van der Waals surface area contributed by atoms with E-state index in [0.717, 1.165) is 22.5 Å². The van der Waals surface area contributed by atoms with Crippen molar-refractivity contribution >= 4 is 38.6 Å². The van der Waals surface area contributed by atoms with E-state index in [1.165, 1.54) is 11.4 Å². The number of hydrogen-bond acceptors (Lipinski definition) is 4. The molecular weight excluding hydrogens is 425 g/mol. The van der Waals surface area contributed by atoms with Crippen molar-refractivity contribution in [3.63, 3.8) is 0 Å². The summed E-state index contributed by atoms with van der Waals surface area (Å²) < 4.78 is 62.3. The molecule has 5 nitrogen and oxygen atoms in total. The molecule has 3 rings (SSSR count). The fraction of sp³-hybridized carbons (Fsp3) is 0.105. The number of nitrogens with one attached hydrogen (secondary N) is 2. The van der Waals surface area contributed by atoms with Crippen LogP contribution >= 0.6 is 11.3 Å². The second-order valence-corrected chi connectivity index (χ2v) is 8.68. The lowest BCUT2D eigenvalue weighted by molar-refractivity contribution is -0.106. The molecule has 2 aromatic carbocycles. The van der Waals surface area contributed by atoms with Crippen molar-refractivity contribution in [1.82, 2.24) is 0 Å². The van der Waals surface area contributed by atoms with Crippen molar-refractivity contribution in [2.45, 2.75) is 6.18 Å². The predicted octanol–water partition coefficient (Wildman–Crippen LogP) is 4.97. The molecular formula is C19H15F3N2O3S2. The third kappa shape index (κ3) is 5.81. The average molecular weight is 440 g/mol. The van der Waals surface area contributed by atoms with Crippen molar-refractivity contribution in [2.24, 2.45) is 0 Å². The molecule has 0 atom stereocenters. The SMILES string of the molecule is O=C(Nc1ccc(-c2ccccc2)cc1)c1sccc1NS(=O)(=O)CC(F)(F)F. The van der Waals surface area contributed by atoms with Gasteiger partial charge in [-0.05, 0) is 34.7 Å². The lowest BCUT2D eigenvalue weighted by Crippen LogP contribution is -2.28. The number of carbonyl (C=O) groups excluding carboxylic acids is 1. The zero-order valence-electron chi connectivity index (χ0n) is 14.7. The van der Waals surface area contributed by atoms with Crippen molar-refractivity contribution in [2.75, 3.05) is 15.8 Å². The van der Waals surface area contributed by atoms with Crippen LogP contribution in [0.5, 0.6) is 0 Å². The predicted molar refractivity (Wildman–Crippen MR) is 108 cm³/mol. The van der Waals surface area contributed by atoms with Gasteiger partial charge in [0.2, 0.25) is 10.0 Å². The molecule has 0 fully saturated rings. The van der Waals surface area contributed by atoms with Crippen LogP contribution in [0.3, 0.4) is 0 Å². The van der Waals surface area contributed by atoms with E-state index in [1.54, 1.807) is 12.1 Å². The molecule has 0 spiro atoms. The van der Waals surface area contributed by atoms with Gasteiger partial charge in [-0.1, -0.05) is 42.5 Å². The number of benzene rings is 2. The van der Waals surface area contributed by atoms with Gasteiger partial charge in [0.1, 0.15) is 4.88 Å². The average Bonchev–Trinajstić information content (AvgIpc) is 3.08. The molecule has 0 aliphatic rings. The highest BCUT2D eigenvalue weighted by Gasteiger charge is 2.35. The van der Waals surface area contributed by atoms with Crippen LogP contribution in [0.25, 0.3) is 11.1 Å². The van der Waals surface area contributed by atoms with Gasteiger partial charge >= 0.3 is 6.18 Å². The molecule has 1 aromatic heterocycles. The molecule has 0 saturated heterocycles. The van der Waals surface area contributed by atoms with Gasteiger partial charge < -0.3 is 5.32 Å². The van der Waals surface area contributed by atoms with Crippen LogP contribution in [0.4, 0.5) is 24.5 Å². The summed E-state index contributed by atoms with van der Waals surface area (Å²) in [5.41, 5.74) is 2.22. The number of sulfonamides is 1. The van der Waals surface area contributed by atoms with Crippen molar-refractivity contribution < 1.29 is 26.4 Å². The number of anilines is 2. The molecule has 10 heteroatoms. The Morgan fingerprint density at radius 1 is 0.931 bits per heavy atom. The van der Waals surface area contributed by atoms with Gasteiger partial charge in [0.05, 0.1) is 5.69 Å². The molecule has 29 heavy (non-hydrogen) atoms. The van der Waals surface area contributed by atoms with Crippen LogP contribution < -0.4 is 10.0 Å². The Balaban J connectivity index is 1.72. The van der Waals surface area contributed by atoms with Gasteiger partial charge in [-0.2, -0.15) is 13.2 Å². The first-order chi connectivity index (χ1) is 13.6. The lowest BCUT2D eigenvalue weighted by Gasteiger charge is -2.11. The summed E-state index contributed by atoms with van der Waals surface area (Å²) in [6.45, 7) is 0. The molecule has 0 bridgehead atoms. The number of rotatable bonds is 6. The molecule has 0 unspecified atom stereocenters. The molecule has 3 aromatic rings. The van der Waals surface area contributed by atoms with Gasteiger partial charge in [0.25, 0.3) is 5.91 Å². The molecule has 0 saturated carbocycles. The number of alkyl halides is 3. The van der Waals surface area contributed by atoms with Crippen molar-refractivity contribution in [1.29, 1.82) is 0 Å². The van der Waals surface area contributed by atoms with Crippen LogP contribution in [-0.2, 0) is 10.0 Å². The largest absolute Gasteiger partial charge is 0.404 e. The Morgan fingerprint density at radius 2 is 1.55 bits per heavy atom. The normalized spacial score (nSPS) is 11.8. The van der Waals surface area contributed by atoms with E-state index in [9.17, 15) is 26.4 Å². The van der Waals surface area contributed by atoms with E-state index in [1.807, 2.05) is 47.2 Å². The monoisotopic (exact) mass is 440 g/mol. The standard InChI is InChI=1S/C19H15F3N2O3S2/c20-19(21,22)12-29(26,27)24-16-10-11-28-17(16)18(25)23-15-8-6-14(7-9-15)13-4-2-1-3-5-13/h1-11,24H,12H2,(H,23,25). The van der Waals surface area contributed by atoms with Gasteiger partial charge in [0.15, 0.2) is 5.75 Å². The Morgan fingerprint density at radius 3 is 2.17 bits per heavy atom. The van der Waals surface area contributed by atoms with E-state index in [0.29, 0.717) is 5.69 Å². The van der Waals surface area contributed by atoms with Crippen LogP contribution in [0.2, 0.25) is 0 Å². The zero-order chi connectivity index (χ0) is 21.1. The van der Waals surface area contributed by atoms with E-state index < -0.39 is 27.9 Å². The third-order valence-corrected chi connectivity index (χ3v) is 5.89. The molecule has 1 heterocycles. The summed E-state index contributed by atoms with van der Waals surface area (Å²) in [4.78, 5) is 12.4. The van der Waals surface area contributed by atoms with E-state index in [-0.39, 0.29) is 10.6 Å². The molecule has 2 N–H and O–H groups in total. The second kappa shape index (κ2) is 8.26. The number of hydrogen-bond donors (Lipinski definition) is 2. The van der Waals surface area contributed by atoms with Crippen LogP contribution in [-0.4, -0.2) is 26.3 Å². The number of carbonyl (C=O) groups is 1. The van der Waals surface area contributed by atoms with Crippen LogP contribution in [0, 0.1) is 0 Å². The zero-order valence-corrected chi connectivity index (χ0v) is 16.4. The first-order valence-electron chi connectivity index (χ1n) is 8.24. The first-order valence-corrected chi connectivity index (χ1v) is 10.8. The van der Waals surface area contributed by atoms with E-state index in [4.69, 9.17) is 0 Å². The number of halogens is 3. The second-order valence-electron chi connectivity index (χ2n) is 6.04. The van der Waals surface area contributed by atoms with Gasteiger partial charge in [-0.25, -0.2) is 8.42 Å². The van der Waals surface area contributed by atoms with Crippen molar-refractivity contribution in [3.8, 4) is 11.1 Å². The Bertz CT molecular complexity index is 1090. The Labute approximate surface area is 169 Å². The first kappa shape index (κ1) is 20.9. The fourth-order valence-corrected chi connectivity index (χ4v) is 4.37. The highest BCUT2D eigenvalue weighted by molar-refractivity contribution is 7.92. The van der Waals surface area contributed by atoms with E-state index >= 15 is 0 Å². The van der Waals surface area contributed by atoms with E-state index in [2.05, 4.69) is 5.32 Å².